The quantitative estimate of drug-likeness (QED) is 0.0966. The second-order valence-electron chi connectivity index (χ2n) is 18.2. The second kappa shape index (κ2) is 20.7. The lowest BCUT2D eigenvalue weighted by Gasteiger charge is -2.42. The van der Waals surface area contributed by atoms with Crippen molar-refractivity contribution in [3.8, 4) is 28.1 Å². The van der Waals surface area contributed by atoms with Crippen molar-refractivity contribution in [2.75, 3.05) is 63.3 Å². The number of likely N-dealkylation sites (tertiary alicyclic amines) is 1. The maximum Gasteiger partial charge on any atom is 0.573 e. The van der Waals surface area contributed by atoms with Crippen LogP contribution in [0.1, 0.15) is 74.9 Å². The number of nitrogens with zero attached hydrogens (tertiary/aromatic N) is 5. The summed E-state index contributed by atoms with van der Waals surface area (Å²) in [5.41, 5.74) is 0.539. The highest BCUT2D eigenvalue weighted by Gasteiger charge is 2.43. The molecule has 7 rings (SSSR count). The predicted molar refractivity (Wildman–Crippen MR) is 245 cm³/mol. The first kappa shape index (κ1) is 49.9. The van der Waals surface area contributed by atoms with E-state index in [2.05, 4.69) is 25.3 Å². The predicted octanol–water partition coefficient (Wildman–Crippen LogP) is 6.55. The van der Waals surface area contributed by atoms with Crippen LogP contribution < -0.4 is 20.3 Å². The van der Waals surface area contributed by atoms with Gasteiger partial charge in [-0.05, 0) is 75.6 Å². The molecule has 3 fully saturated rings. The van der Waals surface area contributed by atoms with Crippen LogP contribution in [0.25, 0.3) is 22.4 Å². The van der Waals surface area contributed by atoms with Crippen LogP contribution in [0.5, 0.6) is 5.75 Å². The van der Waals surface area contributed by atoms with E-state index >= 15 is 0 Å². The Hall–Kier alpha value is -5.96. The molecular formula is C47H56ClF3N8O9. The number of anilines is 2. The number of rotatable bonds is 13. The number of benzene rings is 2. The summed E-state index contributed by atoms with van der Waals surface area (Å²) in [7, 11) is 1.23. The molecule has 3 aliphatic heterocycles. The summed E-state index contributed by atoms with van der Waals surface area (Å²) < 4.78 is 56.5. The van der Waals surface area contributed by atoms with E-state index in [-0.39, 0.29) is 63.7 Å². The van der Waals surface area contributed by atoms with Crippen LogP contribution in [0.15, 0.2) is 54.7 Å². The number of carbonyl (C=O) groups excluding carboxylic acids is 4. The van der Waals surface area contributed by atoms with E-state index in [0.29, 0.717) is 87.2 Å². The van der Waals surface area contributed by atoms with Crippen molar-refractivity contribution in [3.63, 3.8) is 0 Å². The molecule has 2 aromatic carbocycles. The first-order valence-electron chi connectivity index (χ1n) is 22.4. The van der Waals surface area contributed by atoms with Crippen LogP contribution in [0.2, 0.25) is 5.02 Å². The summed E-state index contributed by atoms with van der Waals surface area (Å²) in [4.78, 5) is 70.8. The summed E-state index contributed by atoms with van der Waals surface area (Å²) in [5.74, 6) is -0.858. The minimum Gasteiger partial charge on any atom is -0.453 e. The third-order valence-electron chi connectivity index (χ3n) is 12.7. The Labute approximate surface area is 396 Å². The second-order valence-corrected chi connectivity index (χ2v) is 18.6. The van der Waals surface area contributed by atoms with E-state index in [1.165, 1.54) is 25.4 Å². The normalized spacial score (nSPS) is 19.7. The zero-order chi connectivity index (χ0) is 49.1. The number of ether oxygens (including phenoxy) is 3. The van der Waals surface area contributed by atoms with Gasteiger partial charge in [-0.25, -0.2) is 14.8 Å². The maximum absolute atomic E-state index is 14.2. The van der Waals surface area contributed by atoms with Crippen molar-refractivity contribution in [2.24, 2.45) is 17.3 Å². The van der Waals surface area contributed by atoms with Crippen molar-refractivity contribution < 1.29 is 56.8 Å². The number of methoxy groups -OCH3 is 1. The average molecular weight is 969 g/mol. The maximum atomic E-state index is 14.2. The largest absolute Gasteiger partial charge is 0.573 e. The molecular weight excluding hydrogens is 913 g/mol. The molecule has 0 bridgehead atoms. The van der Waals surface area contributed by atoms with Gasteiger partial charge in [0.05, 0.1) is 59.4 Å². The molecule has 21 heteroatoms. The zero-order valence-electron chi connectivity index (χ0n) is 38.4. The zero-order valence-corrected chi connectivity index (χ0v) is 39.1. The van der Waals surface area contributed by atoms with Gasteiger partial charge in [-0.15, -0.1) is 13.2 Å². The van der Waals surface area contributed by atoms with Gasteiger partial charge in [0.1, 0.15) is 23.4 Å². The summed E-state index contributed by atoms with van der Waals surface area (Å²) in [6.45, 7) is 9.20. The van der Waals surface area contributed by atoms with Crippen molar-refractivity contribution in [1.82, 2.24) is 30.1 Å². The molecule has 0 radical (unpaired) electrons. The van der Waals surface area contributed by atoms with Crippen molar-refractivity contribution in [3.05, 3.63) is 76.8 Å². The van der Waals surface area contributed by atoms with Gasteiger partial charge in [-0.3, -0.25) is 14.4 Å². The summed E-state index contributed by atoms with van der Waals surface area (Å²) >= 11 is 6.62. The minimum atomic E-state index is -5.11. The third kappa shape index (κ3) is 11.1. The molecule has 4 aromatic rings. The highest BCUT2D eigenvalue weighted by atomic mass is 35.5. The number of hydrogen-bond donors (Lipinski definition) is 5. The molecule has 3 saturated heterocycles. The lowest BCUT2D eigenvalue weighted by Crippen LogP contribution is -2.56. The van der Waals surface area contributed by atoms with Crippen molar-refractivity contribution in [2.45, 2.75) is 78.1 Å². The van der Waals surface area contributed by atoms with Gasteiger partial charge >= 0.3 is 12.5 Å². The standard InChI is InChI=1S/C47H56ClF3N8O9/c1-26-18-36(59(22-26)43(63)40(56-45(65)66-5)30-12-16-67-17-13-30)41-53-35(24-60)39(55-41)29-8-6-28(7-9-29)32-19-33(48)34(20-37(32)68-47(49,50)51)54-42(62)31-10-11-38(52-21-31)58-15-14-57(23-27(58)2)44(64)46(3,4)25-61/h6-11,19-21,26-27,30,36,40,60-61H,12-18,22-25H2,1-5H3,(H,53,55)(H,54,62)(H,56,65)/t26-,27+,36-,40-/m0/s1. The van der Waals surface area contributed by atoms with E-state index < -0.39 is 48.2 Å². The summed E-state index contributed by atoms with van der Waals surface area (Å²) in [6, 6.07) is 10.2. The number of carbonyl (C=O) groups is 4. The molecule has 17 nitrogen and oxygen atoms in total. The van der Waals surface area contributed by atoms with E-state index in [0.717, 1.165) is 6.07 Å². The first-order chi connectivity index (χ1) is 32.3. The molecule has 0 spiro atoms. The van der Waals surface area contributed by atoms with Crippen LogP contribution >= 0.6 is 11.6 Å². The number of nitrogens with one attached hydrogen (secondary N) is 3. The Morgan fingerprint density at radius 1 is 1.00 bits per heavy atom. The van der Waals surface area contributed by atoms with Gasteiger partial charge in [0.25, 0.3) is 5.91 Å². The summed E-state index contributed by atoms with van der Waals surface area (Å²) in [6.07, 6.45) is -2.78. The molecule has 0 saturated carbocycles. The van der Waals surface area contributed by atoms with Crippen molar-refractivity contribution >= 4 is 46.9 Å². The SMILES string of the molecule is COC(=O)N[C@H](C(=O)N1C[C@@H](C)C[C@H]1c1nc(-c2ccc(-c3cc(Cl)c(NC(=O)c4ccc(N5CCN(C(=O)C(C)(C)CO)C[C@H]5C)nc4)cc3OC(F)(F)F)cc2)c(CO)[nH]1)C1CCOCC1. The summed E-state index contributed by atoms with van der Waals surface area (Å²) in [5, 5.41) is 25.3. The molecule has 366 valence electrons. The number of pyridine rings is 1. The molecule has 5 heterocycles. The Morgan fingerprint density at radius 3 is 2.32 bits per heavy atom. The fourth-order valence-corrected chi connectivity index (χ4v) is 9.25. The van der Waals surface area contributed by atoms with Crippen LogP contribution in [-0.2, 0) is 25.7 Å². The van der Waals surface area contributed by atoms with E-state index in [1.807, 2.05) is 18.7 Å². The van der Waals surface area contributed by atoms with Gasteiger partial charge in [0, 0.05) is 68.8 Å². The number of alkyl carbamates (subject to hydrolysis) is 1. The van der Waals surface area contributed by atoms with Gasteiger partial charge in [0.2, 0.25) is 11.8 Å². The van der Waals surface area contributed by atoms with Gasteiger partial charge in [-0.1, -0.05) is 42.8 Å². The highest BCUT2D eigenvalue weighted by molar-refractivity contribution is 6.34. The lowest BCUT2D eigenvalue weighted by molar-refractivity contribution is -0.274. The number of hydrogen-bond acceptors (Lipinski definition) is 12. The van der Waals surface area contributed by atoms with Gasteiger partial charge < -0.3 is 54.7 Å². The van der Waals surface area contributed by atoms with Gasteiger partial charge in [0.15, 0.2) is 0 Å². The molecule has 2 aromatic heterocycles. The monoisotopic (exact) mass is 968 g/mol. The molecule has 0 unspecified atom stereocenters. The lowest BCUT2D eigenvalue weighted by atomic mass is 9.90. The van der Waals surface area contributed by atoms with E-state index in [4.69, 9.17) is 26.1 Å². The average Bonchev–Trinajstić information content (AvgIpc) is 3.94. The fraction of sp³-hybridized carbons (Fsp3) is 0.489. The van der Waals surface area contributed by atoms with Crippen LogP contribution in [0.3, 0.4) is 0 Å². The topological polar surface area (TPSA) is 212 Å². The number of halogens is 4. The van der Waals surface area contributed by atoms with Crippen molar-refractivity contribution in [1.29, 1.82) is 0 Å². The molecule has 4 amide bonds. The molecule has 68 heavy (non-hydrogen) atoms. The third-order valence-corrected chi connectivity index (χ3v) is 13.0. The Kier molecular flexibility index (Phi) is 15.2. The Balaban J connectivity index is 1.08. The number of amides is 4. The Bertz CT molecular complexity index is 2470. The fourth-order valence-electron chi connectivity index (χ4n) is 9.04. The van der Waals surface area contributed by atoms with Gasteiger partial charge in [-0.2, -0.15) is 0 Å². The minimum absolute atomic E-state index is 0.0300. The number of imidazole rings is 1. The number of aliphatic hydroxyl groups is 2. The van der Waals surface area contributed by atoms with E-state index in [9.17, 15) is 42.6 Å². The number of aliphatic hydroxyl groups excluding tert-OH is 2. The smallest absolute Gasteiger partial charge is 0.453 e. The molecule has 4 atom stereocenters. The number of aromatic nitrogens is 3. The Morgan fingerprint density at radius 2 is 1.71 bits per heavy atom. The van der Waals surface area contributed by atoms with Crippen LogP contribution in [0.4, 0.5) is 29.5 Å². The van der Waals surface area contributed by atoms with Crippen LogP contribution in [-0.4, -0.2) is 130 Å². The molecule has 0 aliphatic carbocycles. The van der Waals surface area contributed by atoms with Crippen LogP contribution in [0, 0.1) is 17.3 Å². The number of H-pyrrole nitrogens is 1. The van der Waals surface area contributed by atoms with E-state index in [1.54, 1.807) is 54.0 Å². The number of alkyl halides is 3. The molecule has 5 N–H and O–H groups in total. The number of aromatic amines is 1. The highest BCUT2D eigenvalue weighted by Crippen LogP contribution is 2.42. The molecule has 3 aliphatic rings. The number of piperazine rings is 1. The first-order valence-corrected chi connectivity index (χ1v) is 22.7.